The van der Waals surface area contributed by atoms with E-state index in [9.17, 15) is 9.90 Å². The van der Waals surface area contributed by atoms with Gasteiger partial charge in [-0.1, -0.05) is 12.8 Å². The van der Waals surface area contributed by atoms with Gasteiger partial charge in [-0.25, -0.2) is 0 Å². The van der Waals surface area contributed by atoms with Crippen molar-refractivity contribution < 1.29 is 14.6 Å². The molecule has 4 unspecified atom stereocenters. The molecule has 0 spiro atoms. The van der Waals surface area contributed by atoms with E-state index >= 15 is 0 Å². The van der Waals surface area contributed by atoms with Crippen LogP contribution in [0.3, 0.4) is 0 Å². The van der Waals surface area contributed by atoms with Crippen molar-refractivity contribution in [3.63, 3.8) is 0 Å². The number of ether oxygens (including phenoxy) is 1. The first kappa shape index (κ1) is 16.2. The lowest BCUT2D eigenvalue weighted by Crippen LogP contribution is -2.53. The van der Waals surface area contributed by atoms with Crippen molar-refractivity contribution in [1.29, 1.82) is 0 Å². The Labute approximate surface area is 133 Å². The highest BCUT2D eigenvalue weighted by Gasteiger charge is 2.34. The van der Waals surface area contributed by atoms with E-state index in [-0.39, 0.29) is 30.1 Å². The fourth-order valence-electron chi connectivity index (χ4n) is 4.28. The molecule has 3 fully saturated rings. The SMILES string of the molecule is CC1OCCC1C(=O)NC1CCN(C2CCCCC2O)CC1. The Kier molecular flexibility index (Phi) is 5.37. The maximum absolute atomic E-state index is 12.3. The van der Waals surface area contributed by atoms with Gasteiger partial charge in [-0.2, -0.15) is 0 Å². The quantitative estimate of drug-likeness (QED) is 0.825. The summed E-state index contributed by atoms with van der Waals surface area (Å²) >= 11 is 0. The molecular weight excluding hydrogens is 280 g/mol. The van der Waals surface area contributed by atoms with Crippen molar-refractivity contribution in [2.45, 2.75) is 76.2 Å². The molecule has 0 aromatic rings. The number of piperidine rings is 1. The zero-order valence-electron chi connectivity index (χ0n) is 13.7. The van der Waals surface area contributed by atoms with Crippen LogP contribution in [0.5, 0.6) is 0 Å². The van der Waals surface area contributed by atoms with Crippen molar-refractivity contribution in [3.05, 3.63) is 0 Å². The summed E-state index contributed by atoms with van der Waals surface area (Å²) in [6, 6.07) is 0.630. The summed E-state index contributed by atoms with van der Waals surface area (Å²) in [5.74, 6) is 0.194. The number of aliphatic hydroxyl groups excluding tert-OH is 1. The number of hydrogen-bond acceptors (Lipinski definition) is 4. The normalized spacial score (nSPS) is 38.1. The predicted octanol–water partition coefficient (Wildman–Crippen LogP) is 1.30. The number of nitrogens with one attached hydrogen (secondary N) is 1. The molecule has 22 heavy (non-hydrogen) atoms. The molecule has 0 aromatic heterocycles. The number of amides is 1. The molecule has 1 aliphatic carbocycles. The summed E-state index contributed by atoms with van der Waals surface area (Å²) in [5, 5.41) is 13.4. The summed E-state index contributed by atoms with van der Waals surface area (Å²) in [5.41, 5.74) is 0. The van der Waals surface area contributed by atoms with Crippen LogP contribution in [0.1, 0.15) is 51.9 Å². The Balaban J connectivity index is 1.44. The molecule has 0 aromatic carbocycles. The Hall–Kier alpha value is -0.650. The fourth-order valence-corrected chi connectivity index (χ4v) is 4.28. The number of rotatable bonds is 3. The van der Waals surface area contributed by atoms with Gasteiger partial charge in [-0.15, -0.1) is 0 Å². The minimum absolute atomic E-state index is 0.0261. The molecule has 2 saturated heterocycles. The molecular formula is C17H30N2O3. The van der Waals surface area contributed by atoms with Gasteiger partial charge in [0.15, 0.2) is 0 Å². The van der Waals surface area contributed by atoms with Crippen LogP contribution in [0.15, 0.2) is 0 Å². The van der Waals surface area contributed by atoms with Crippen LogP contribution in [-0.4, -0.2) is 59.9 Å². The van der Waals surface area contributed by atoms with Gasteiger partial charge in [0.25, 0.3) is 0 Å². The first-order valence-corrected chi connectivity index (χ1v) is 8.99. The van der Waals surface area contributed by atoms with Gasteiger partial charge in [0, 0.05) is 31.8 Å². The Morgan fingerprint density at radius 3 is 2.50 bits per heavy atom. The first-order valence-electron chi connectivity index (χ1n) is 8.99. The van der Waals surface area contributed by atoms with Gasteiger partial charge in [0.1, 0.15) is 0 Å². The van der Waals surface area contributed by atoms with E-state index in [0.29, 0.717) is 12.6 Å². The van der Waals surface area contributed by atoms with Crippen LogP contribution in [-0.2, 0) is 9.53 Å². The molecule has 5 nitrogen and oxygen atoms in total. The highest BCUT2D eigenvalue weighted by Crippen LogP contribution is 2.26. The maximum atomic E-state index is 12.3. The minimum atomic E-state index is -0.156. The summed E-state index contributed by atoms with van der Waals surface area (Å²) in [7, 11) is 0. The smallest absolute Gasteiger partial charge is 0.226 e. The van der Waals surface area contributed by atoms with Crippen LogP contribution < -0.4 is 5.32 Å². The third-order valence-corrected chi connectivity index (χ3v) is 5.75. The largest absolute Gasteiger partial charge is 0.391 e. The number of nitrogens with zero attached hydrogens (tertiary/aromatic N) is 1. The summed E-state index contributed by atoms with van der Waals surface area (Å²) in [6.45, 7) is 4.67. The standard InChI is InChI=1S/C17H30N2O3/c1-12-14(8-11-22-12)17(21)18-13-6-9-19(10-7-13)15-4-2-3-5-16(15)20/h12-16,20H,2-11H2,1H3,(H,18,21). The first-order chi connectivity index (χ1) is 10.6. The van der Waals surface area contributed by atoms with E-state index < -0.39 is 0 Å². The molecule has 0 radical (unpaired) electrons. The second-order valence-electron chi connectivity index (χ2n) is 7.21. The Morgan fingerprint density at radius 2 is 1.86 bits per heavy atom. The van der Waals surface area contributed by atoms with E-state index in [4.69, 9.17) is 4.74 Å². The number of aliphatic hydroxyl groups is 1. The average molecular weight is 310 g/mol. The van der Waals surface area contributed by atoms with Crippen LogP contribution in [0.4, 0.5) is 0 Å². The molecule has 2 N–H and O–H groups in total. The zero-order valence-corrected chi connectivity index (χ0v) is 13.7. The Bertz CT molecular complexity index is 382. The van der Waals surface area contributed by atoms with Gasteiger partial charge >= 0.3 is 0 Å². The number of likely N-dealkylation sites (tertiary alicyclic amines) is 1. The topological polar surface area (TPSA) is 61.8 Å². The monoisotopic (exact) mass is 310 g/mol. The predicted molar refractivity (Wildman–Crippen MR) is 84.5 cm³/mol. The van der Waals surface area contributed by atoms with Crippen molar-refractivity contribution in [1.82, 2.24) is 10.2 Å². The van der Waals surface area contributed by atoms with Gasteiger partial charge < -0.3 is 15.2 Å². The molecule has 5 heteroatoms. The van der Waals surface area contributed by atoms with Crippen molar-refractivity contribution in [3.8, 4) is 0 Å². The molecule has 3 rings (SSSR count). The van der Waals surface area contributed by atoms with E-state index in [1.807, 2.05) is 6.92 Å². The lowest BCUT2D eigenvalue weighted by Gasteiger charge is -2.41. The van der Waals surface area contributed by atoms with Crippen molar-refractivity contribution >= 4 is 5.91 Å². The highest BCUT2D eigenvalue weighted by atomic mass is 16.5. The summed E-state index contributed by atoms with van der Waals surface area (Å²) < 4.78 is 5.49. The lowest BCUT2D eigenvalue weighted by atomic mass is 9.89. The van der Waals surface area contributed by atoms with Gasteiger partial charge in [0.2, 0.25) is 5.91 Å². The molecule has 2 heterocycles. The maximum Gasteiger partial charge on any atom is 0.226 e. The van der Waals surface area contributed by atoms with Crippen LogP contribution in [0.2, 0.25) is 0 Å². The molecule has 2 aliphatic heterocycles. The number of hydrogen-bond donors (Lipinski definition) is 2. The van der Waals surface area contributed by atoms with Crippen LogP contribution in [0.25, 0.3) is 0 Å². The van der Waals surface area contributed by atoms with Crippen molar-refractivity contribution in [2.75, 3.05) is 19.7 Å². The molecule has 1 amide bonds. The van der Waals surface area contributed by atoms with E-state index in [2.05, 4.69) is 10.2 Å². The zero-order chi connectivity index (χ0) is 15.5. The van der Waals surface area contributed by atoms with E-state index in [1.165, 1.54) is 6.42 Å². The second kappa shape index (κ2) is 7.28. The summed E-state index contributed by atoms with van der Waals surface area (Å²) in [4.78, 5) is 14.8. The number of carbonyl (C=O) groups is 1. The Morgan fingerprint density at radius 1 is 1.14 bits per heavy atom. The third-order valence-electron chi connectivity index (χ3n) is 5.75. The molecule has 0 bridgehead atoms. The minimum Gasteiger partial charge on any atom is -0.391 e. The van der Waals surface area contributed by atoms with Crippen molar-refractivity contribution in [2.24, 2.45) is 5.92 Å². The fraction of sp³-hybridized carbons (Fsp3) is 0.941. The molecule has 1 saturated carbocycles. The molecule has 3 aliphatic rings. The van der Waals surface area contributed by atoms with Crippen LogP contribution >= 0.6 is 0 Å². The third kappa shape index (κ3) is 3.63. The van der Waals surface area contributed by atoms with Gasteiger partial charge in [-0.3, -0.25) is 9.69 Å². The summed E-state index contributed by atoms with van der Waals surface area (Å²) in [6.07, 6.45) is 7.20. The van der Waals surface area contributed by atoms with Gasteiger partial charge in [0.05, 0.1) is 18.1 Å². The molecule has 126 valence electrons. The highest BCUT2D eigenvalue weighted by molar-refractivity contribution is 5.79. The lowest BCUT2D eigenvalue weighted by molar-refractivity contribution is -0.127. The van der Waals surface area contributed by atoms with Gasteiger partial charge in [-0.05, 0) is 39.0 Å². The second-order valence-corrected chi connectivity index (χ2v) is 7.21. The van der Waals surface area contributed by atoms with E-state index in [1.54, 1.807) is 0 Å². The van der Waals surface area contributed by atoms with Crippen LogP contribution in [0, 0.1) is 5.92 Å². The average Bonchev–Trinajstić information content (AvgIpc) is 2.95. The molecule has 4 atom stereocenters. The van der Waals surface area contributed by atoms with E-state index in [0.717, 1.165) is 51.6 Å². The number of carbonyl (C=O) groups excluding carboxylic acids is 1.